The van der Waals surface area contributed by atoms with Gasteiger partial charge in [0.2, 0.25) is 0 Å². The molecule has 1 atom stereocenters. The lowest BCUT2D eigenvalue weighted by Gasteiger charge is -2.23. The van der Waals surface area contributed by atoms with E-state index in [9.17, 15) is 10.5 Å². The molecule has 3 aliphatic carbocycles. The molecule has 0 unspecified atom stereocenters. The number of aryl methyl sites for hydroxylation is 1. The van der Waals surface area contributed by atoms with Gasteiger partial charge in [-0.25, -0.2) is 0 Å². The van der Waals surface area contributed by atoms with Crippen molar-refractivity contribution >= 4 is 55.9 Å². The molecule has 3 aromatic heterocycles. The van der Waals surface area contributed by atoms with E-state index in [1.54, 1.807) is 0 Å². The number of para-hydroxylation sites is 2. The quantitative estimate of drug-likeness (QED) is 0.195. The number of benzene rings is 4. The number of aromatic nitrogens is 2. The van der Waals surface area contributed by atoms with Crippen molar-refractivity contribution in [3.05, 3.63) is 142 Å². The summed E-state index contributed by atoms with van der Waals surface area (Å²) in [5, 5.41) is 25.9. The molecule has 3 aliphatic rings. The van der Waals surface area contributed by atoms with Gasteiger partial charge in [-0.15, -0.1) is 0 Å². The fourth-order valence-corrected chi connectivity index (χ4v) is 8.59. The van der Waals surface area contributed by atoms with Gasteiger partial charge in [0.25, 0.3) is 0 Å². The molecule has 0 spiro atoms. The second-order valence-corrected chi connectivity index (χ2v) is 13.3. The summed E-state index contributed by atoms with van der Waals surface area (Å²) in [6.07, 6.45) is 20.2. The standard InChI is InChI=1S/C44H30N4O/c45-25-29-22-31(23-30(26-46)43(29)48-37-15-7-4-12-32(37)33-13-5-8-16-38(33)48)47-39-20-18-28(27-10-2-1-3-11-27)24-36(39)42-40(47)21-19-35-34-14-6-9-17-41(34)49-44(35)42/h1-4,6-10,12,14-17,19,21-24,27H,5,11,13,18,20H2/t27-/m0/s1. The van der Waals surface area contributed by atoms with Crippen LogP contribution in [0.1, 0.15) is 52.9 Å². The zero-order chi connectivity index (χ0) is 32.6. The molecule has 0 N–H and O–H groups in total. The second kappa shape index (κ2) is 10.6. The maximum absolute atomic E-state index is 10.8. The number of nitriles is 2. The molecule has 5 heteroatoms. The van der Waals surface area contributed by atoms with Gasteiger partial charge in [0.1, 0.15) is 23.3 Å². The highest BCUT2D eigenvalue weighted by molar-refractivity contribution is 6.17. The van der Waals surface area contributed by atoms with Crippen molar-refractivity contribution in [2.75, 3.05) is 0 Å². The Morgan fingerprint density at radius 2 is 1.57 bits per heavy atom. The normalized spacial score (nSPS) is 16.6. The fraction of sp³-hybridized carbons (Fsp3) is 0.136. The van der Waals surface area contributed by atoms with Gasteiger partial charge in [-0.3, -0.25) is 0 Å². The highest BCUT2D eigenvalue weighted by Crippen LogP contribution is 2.45. The molecule has 10 rings (SSSR count). The van der Waals surface area contributed by atoms with Crippen molar-refractivity contribution in [3.8, 4) is 23.5 Å². The smallest absolute Gasteiger partial charge is 0.145 e. The summed E-state index contributed by atoms with van der Waals surface area (Å²) in [6.45, 7) is 0. The Labute approximate surface area is 283 Å². The lowest BCUT2D eigenvalue weighted by molar-refractivity contribution is 0.672. The molecular weight excluding hydrogens is 601 g/mol. The predicted molar refractivity (Wildman–Crippen MR) is 197 cm³/mol. The number of fused-ring (bicyclic) bond motifs is 10. The van der Waals surface area contributed by atoms with E-state index in [1.807, 2.05) is 30.3 Å². The number of allylic oxidation sites excluding steroid dienone is 6. The van der Waals surface area contributed by atoms with Crippen molar-refractivity contribution in [2.24, 2.45) is 5.92 Å². The molecule has 0 amide bonds. The summed E-state index contributed by atoms with van der Waals surface area (Å²) in [4.78, 5) is 0. The van der Waals surface area contributed by atoms with Gasteiger partial charge >= 0.3 is 0 Å². The van der Waals surface area contributed by atoms with Crippen LogP contribution in [0.25, 0.3) is 67.3 Å². The lowest BCUT2D eigenvalue weighted by Crippen LogP contribution is -2.11. The topological polar surface area (TPSA) is 70.6 Å². The Bertz CT molecular complexity index is 2740. The van der Waals surface area contributed by atoms with Gasteiger partial charge in [0.15, 0.2) is 0 Å². The van der Waals surface area contributed by atoms with E-state index in [0.717, 1.165) is 81.8 Å². The molecule has 7 aromatic rings. The van der Waals surface area contributed by atoms with Crippen molar-refractivity contribution in [3.63, 3.8) is 0 Å². The molecule has 4 aromatic carbocycles. The summed E-state index contributed by atoms with van der Waals surface area (Å²) in [5.41, 5.74) is 12.3. The highest BCUT2D eigenvalue weighted by atomic mass is 16.3. The number of nitrogens with zero attached hydrogens (tertiary/aromatic N) is 4. The molecule has 0 fully saturated rings. The van der Waals surface area contributed by atoms with Crippen LogP contribution in [0.2, 0.25) is 0 Å². The zero-order valence-corrected chi connectivity index (χ0v) is 26.8. The van der Waals surface area contributed by atoms with Crippen molar-refractivity contribution < 1.29 is 4.42 Å². The monoisotopic (exact) mass is 630 g/mol. The van der Waals surface area contributed by atoms with Gasteiger partial charge in [0, 0.05) is 44.7 Å². The molecule has 49 heavy (non-hydrogen) atoms. The first-order chi connectivity index (χ1) is 24.2. The summed E-state index contributed by atoms with van der Waals surface area (Å²) < 4.78 is 11.0. The Morgan fingerprint density at radius 3 is 2.39 bits per heavy atom. The van der Waals surface area contributed by atoms with Crippen LogP contribution in [0.4, 0.5) is 0 Å². The molecule has 5 nitrogen and oxygen atoms in total. The van der Waals surface area contributed by atoms with E-state index in [1.165, 1.54) is 27.8 Å². The lowest BCUT2D eigenvalue weighted by atomic mass is 9.84. The number of hydrogen-bond acceptors (Lipinski definition) is 3. The van der Waals surface area contributed by atoms with Crippen LogP contribution in [0.15, 0.2) is 113 Å². The molecule has 232 valence electrons. The molecular formula is C44H30N4O. The van der Waals surface area contributed by atoms with E-state index in [4.69, 9.17) is 4.42 Å². The SMILES string of the molecule is N#Cc1cc(-n2c3c(c4c5oc6ccccc6c5ccc42)C=C([C@H]2C=CC=CC2)CC3)cc(C#N)c1-n1c2c(c3ccccc31)CCC=C2. The van der Waals surface area contributed by atoms with Gasteiger partial charge < -0.3 is 13.6 Å². The highest BCUT2D eigenvalue weighted by Gasteiger charge is 2.28. The van der Waals surface area contributed by atoms with Gasteiger partial charge in [-0.1, -0.05) is 78.4 Å². The molecule has 3 heterocycles. The third-order valence-corrected chi connectivity index (χ3v) is 10.7. The summed E-state index contributed by atoms with van der Waals surface area (Å²) >= 11 is 0. The van der Waals surface area contributed by atoms with E-state index in [-0.39, 0.29) is 0 Å². The molecule has 0 radical (unpaired) electrons. The van der Waals surface area contributed by atoms with Gasteiger partial charge in [0.05, 0.1) is 33.2 Å². The van der Waals surface area contributed by atoms with Crippen molar-refractivity contribution in [1.29, 1.82) is 10.5 Å². The van der Waals surface area contributed by atoms with E-state index in [2.05, 4.69) is 106 Å². The first kappa shape index (κ1) is 27.8. The second-order valence-electron chi connectivity index (χ2n) is 13.3. The Balaban J connectivity index is 1.26. The molecule has 0 bridgehead atoms. The van der Waals surface area contributed by atoms with Crippen LogP contribution in [-0.2, 0) is 12.8 Å². The minimum atomic E-state index is 0.373. The van der Waals surface area contributed by atoms with E-state index < -0.39 is 0 Å². The van der Waals surface area contributed by atoms with Gasteiger partial charge in [-0.2, -0.15) is 10.5 Å². The predicted octanol–water partition coefficient (Wildman–Crippen LogP) is 10.6. The average Bonchev–Trinajstić information content (AvgIpc) is 3.82. The Kier molecular flexibility index (Phi) is 6.01. The van der Waals surface area contributed by atoms with E-state index in [0.29, 0.717) is 22.7 Å². The first-order valence-electron chi connectivity index (χ1n) is 17.0. The van der Waals surface area contributed by atoms with E-state index >= 15 is 0 Å². The van der Waals surface area contributed by atoms with Crippen molar-refractivity contribution in [1.82, 2.24) is 9.13 Å². The van der Waals surface area contributed by atoms with Crippen LogP contribution < -0.4 is 0 Å². The molecule has 0 saturated heterocycles. The zero-order valence-electron chi connectivity index (χ0n) is 26.8. The third kappa shape index (κ3) is 3.97. The van der Waals surface area contributed by atoms with Crippen LogP contribution in [0, 0.1) is 28.6 Å². The third-order valence-electron chi connectivity index (χ3n) is 10.7. The number of furan rings is 1. The number of rotatable bonds is 3. The van der Waals surface area contributed by atoms with Crippen LogP contribution in [0.3, 0.4) is 0 Å². The summed E-state index contributed by atoms with van der Waals surface area (Å²) in [7, 11) is 0. The van der Waals surface area contributed by atoms with Crippen molar-refractivity contribution in [2.45, 2.75) is 32.1 Å². The maximum Gasteiger partial charge on any atom is 0.145 e. The van der Waals surface area contributed by atoms with Crippen LogP contribution in [0.5, 0.6) is 0 Å². The molecule has 0 saturated carbocycles. The summed E-state index contributed by atoms with van der Waals surface area (Å²) in [6, 6.07) is 29.8. The maximum atomic E-state index is 10.8. The van der Waals surface area contributed by atoms with Crippen LogP contribution in [-0.4, -0.2) is 9.13 Å². The fourth-order valence-electron chi connectivity index (χ4n) is 8.59. The summed E-state index contributed by atoms with van der Waals surface area (Å²) in [5.74, 6) is 0.373. The average molecular weight is 631 g/mol. The van der Waals surface area contributed by atoms with Crippen LogP contribution >= 0.6 is 0 Å². The first-order valence-corrected chi connectivity index (χ1v) is 17.0. The van der Waals surface area contributed by atoms with Gasteiger partial charge in [-0.05, 0) is 80.1 Å². The largest absolute Gasteiger partial charge is 0.455 e. The molecule has 0 aliphatic heterocycles. The number of hydrogen-bond donors (Lipinski definition) is 0. The Hall–Kier alpha value is -6.30. The Morgan fingerprint density at radius 1 is 0.755 bits per heavy atom. The minimum Gasteiger partial charge on any atom is -0.455 e. The minimum absolute atomic E-state index is 0.373.